The van der Waals surface area contributed by atoms with Crippen molar-refractivity contribution in [1.29, 1.82) is 0 Å². The fourth-order valence-corrected chi connectivity index (χ4v) is 7.94. The van der Waals surface area contributed by atoms with Crippen LogP contribution in [0.15, 0.2) is 217 Å². The summed E-state index contributed by atoms with van der Waals surface area (Å²) >= 11 is 0. The average Bonchev–Trinajstić information content (AvgIpc) is 3.63. The van der Waals surface area contributed by atoms with Gasteiger partial charge < -0.3 is 9.32 Å². The molecule has 9 aromatic carbocycles. The molecule has 1 heterocycles. The van der Waals surface area contributed by atoms with E-state index in [1.807, 2.05) is 12.1 Å². The molecule has 10 rings (SSSR count). The third kappa shape index (κ3) is 5.53. The van der Waals surface area contributed by atoms with E-state index in [0.29, 0.717) is 0 Å². The van der Waals surface area contributed by atoms with Crippen molar-refractivity contribution in [3.05, 3.63) is 212 Å². The second kappa shape index (κ2) is 13.4. The minimum Gasteiger partial charge on any atom is -0.456 e. The van der Waals surface area contributed by atoms with E-state index in [9.17, 15) is 0 Å². The van der Waals surface area contributed by atoms with Gasteiger partial charge in [0.1, 0.15) is 11.2 Å². The lowest BCUT2D eigenvalue weighted by molar-refractivity contribution is 0.669. The van der Waals surface area contributed by atoms with Crippen LogP contribution in [-0.2, 0) is 0 Å². The van der Waals surface area contributed by atoms with E-state index in [1.54, 1.807) is 0 Å². The Hall–Kier alpha value is -7.16. The molecule has 0 aliphatic heterocycles. The van der Waals surface area contributed by atoms with Crippen LogP contribution in [0.1, 0.15) is 0 Å². The number of nitrogens with zero attached hydrogens (tertiary/aromatic N) is 1. The summed E-state index contributed by atoms with van der Waals surface area (Å²) in [6.45, 7) is 0. The molecule has 254 valence electrons. The highest BCUT2D eigenvalue weighted by Gasteiger charge is 2.26. The number of hydrogen-bond donors (Lipinski definition) is 0. The highest BCUT2D eigenvalue weighted by Crippen LogP contribution is 2.51. The molecule has 0 bridgehead atoms. The summed E-state index contributed by atoms with van der Waals surface area (Å²) in [6.07, 6.45) is 0. The summed E-state index contributed by atoms with van der Waals surface area (Å²) in [5.74, 6) is 0. The fourth-order valence-electron chi connectivity index (χ4n) is 7.94. The van der Waals surface area contributed by atoms with Gasteiger partial charge in [0.2, 0.25) is 0 Å². The number of hydrogen-bond acceptors (Lipinski definition) is 2. The average molecular weight is 690 g/mol. The van der Waals surface area contributed by atoms with Crippen LogP contribution in [0, 0.1) is 0 Å². The predicted molar refractivity (Wildman–Crippen MR) is 228 cm³/mol. The molecule has 2 nitrogen and oxygen atoms in total. The monoisotopic (exact) mass is 689 g/mol. The maximum Gasteiger partial charge on any atom is 0.137 e. The van der Waals surface area contributed by atoms with Crippen LogP contribution < -0.4 is 4.90 Å². The first kappa shape index (κ1) is 31.6. The molecule has 54 heavy (non-hydrogen) atoms. The van der Waals surface area contributed by atoms with Crippen molar-refractivity contribution in [2.75, 3.05) is 4.90 Å². The summed E-state index contributed by atoms with van der Waals surface area (Å²) in [6, 6.07) is 76.0. The van der Waals surface area contributed by atoms with Crippen LogP contribution in [0.25, 0.3) is 77.2 Å². The maximum absolute atomic E-state index is 6.56. The molecule has 1 aromatic heterocycles. The van der Waals surface area contributed by atoms with Crippen LogP contribution in [-0.4, -0.2) is 0 Å². The number of benzene rings is 9. The van der Waals surface area contributed by atoms with Crippen molar-refractivity contribution in [2.45, 2.75) is 0 Å². The van der Waals surface area contributed by atoms with Crippen molar-refractivity contribution >= 4 is 49.8 Å². The van der Waals surface area contributed by atoms with Gasteiger partial charge in [0.05, 0.1) is 11.4 Å². The van der Waals surface area contributed by atoms with Crippen LogP contribution in [0.3, 0.4) is 0 Å². The SMILES string of the molecule is c1ccc(-c2cc(-c3ccccc3)c(N(c3ccc4c(c3)oc3ccccc34)c3ccc(-c4ccccc4)c4ccccc34)c(-c3ccccc3)c2)cc1. The Morgan fingerprint density at radius 1 is 0.296 bits per heavy atom. The van der Waals surface area contributed by atoms with Gasteiger partial charge in [-0.15, -0.1) is 0 Å². The molecule has 0 aliphatic rings. The second-order valence-corrected chi connectivity index (χ2v) is 13.7. The van der Waals surface area contributed by atoms with E-state index >= 15 is 0 Å². The van der Waals surface area contributed by atoms with Gasteiger partial charge in [-0.3, -0.25) is 0 Å². The number of para-hydroxylation sites is 1. The van der Waals surface area contributed by atoms with Crippen molar-refractivity contribution < 1.29 is 4.42 Å². The molecule has 0 radical (unpaired) electrons. The topological polar surface area (TPSA) is 16.4 Å². The molecule has 0 aliphatic carbocycles. The smallest absolute Gasteiger partial charge is 0.137 e. The summed E-state index contributed by atoms with van der Waals surface area (Å²) in [7, 11) is 0. The molecule has 0 atom stereocenters. The van der Waals surface area contributed by atoms with Gasteiger partial charge in [0, 0.05) is 39.0 Å². The Bertz CT molecular complexity index is 2850. The molecule has 0 saturated carbocycles. The van der Waals surface area contributed by atoms with Gasteiger partial charge in [-0.05, 0) is 75.2 Å². The lowest BCUT2D eigenvalue weighted by Gasteiger charge is -2.32. The van der Waals surface area contributed by atoms with E-state index in [0.717, 1.165) is 72.2 Å². The minimum absolute atomic E-state index is 0.854. The van der Waals surface area contributed by atoms with Gasteiger partial charge in [-0.1, -0.05) is 170 Å². The zero-order valence-electron chi connectivity index (χ0n) is 29.6. The van der Waals surface area contributed by atoms with Crippen molar-refractivity contribution in [1.82, 2.24) is 0 Å². The fraction of sp³-hybridized carbons (Fsp3) is 0. The largest absolute Gasteiger partial charge is 0.456 e. The highest BCUT2D eigenvalue weighted by molar-refractivity contribution is 6.11. The van der Waals surface area contributed by atoms with Crippen LogP contribution >= 0.6 is 0 Å². The second-order valence-electron chi connectivity index (χ2n) is 13.7. The third-order valence-electron chi connectivity index (χ3n) is 10.5. The van der Waals surface area contributed by atoms with E-state index in [1.165, 1.54) is 22.1 Å². The first-order chi connectivity index (χ1) is 26.8. The number of rotatable bonds is 7. The van der Waals surface area contributed by atoms with Crippen LogP contribution in [0.4, 0.5) is 17.1 Å². The van der Waals surface area contributed by atoms with E-state index in [-0.39, 0.29) is 0 Å². The highest BCUT2D eigenvalue weighted by atomic mass is 16.3. The molecule has 2 heteroatoms. The zero-order chi connectivity index (χ0) is 35.8. The van der Waals surface area contributed by atoms with Crippen molar-refractivity contribution in [2.24, 2.45) is 0 Å². The molecule has 10 aromatic rings. The first-order valence-corrected chi connectivity index (χ1v) is 18.4. The van der Waals surface area contributed by atoms with Gasteiger partial charge in [-0.25, -0.2) is 0 Å². The van der Waals surface area contributed by atoms with Crippen LogP contribution in [0.5, 0.6) is 0 Å². The quantitative estimate of drug-likeness (QED) is 0.166. The Morgan fingerprint density at radius 2 is 0.778 bits per heavy atom. The van der Waals surface area contributed by atoms with Gasteiger partial charge in [0.25, 0.3) is 0 Å². The standard InChI is InChI=1S/C52H35NO/c1-5-17-36(18-6-1)40-33-47(38-21-9-3-10-22-38)52(48(34-40)39-23-11-4-12-24-39)53(41-29-30-46-45-27-15-16-28-50(45)54-51(46)35-41)49-32-31-42(37-19-7-2-8-20-37)43-25-13-14-26-44(43)49/h1-35H. The molecule has 0 fully saturated rings. The summed E-state index contributed by atoms with van der Waals surface area (Å²) in [5, 5.41) is 4.57. The Labute approximate surface area is 314 Å². The molecule has 0 N–H and O–H groups in total. The summed E-state index contributed by atoms with van der Waals surface area (Å²) in [5.41, 5.74) is 14.2. The molecular formula is C52H35NO. The van der Waals surface area contributed by atoms with E-state index in [4.69, 9.17) is 4.42 Å². The first-order valence-electron chi connectivity index (χ1n) is 18.4. The van der Waals surface area contributed by atoms with Crippen LogP contribution in [0.2, 0.25) is 0 Å². The van der Waals surface area contributed by atoms with Gasteiger partial charge in [0.15, 0.2) is 0 Å². The molecule has 0 saturated heterocycles. The van der Waals surface area contributed by atoms with Crippen molar-refractivity contribution in [3.8, 4) is 44.5 Å². The number of fused-ring (bicyclic) bond motifs is 4. The maximum atomic E-state index is 6.56. The minimum atomic E-state index is 0.854. The zero-order valence-corrected chi connectivity index (χ0v) is 29.6. The molecule has 0 spiro atoms. The third-order valence-corrected chi connectivity index (χ3v) is 10.5. The summed E-state index contributed by atoms with van der Waals surface area (Å²) < 4.78 is 6.56. The lowest BCUT2D eigenvalue weighted by atomic mass is 9.89. The van der Waals surface area contributed by atoms with Gasteiger partial charge >= 0.3 is 0 Å². The van der Waals surface area contributed by atoms with Gasteiger partial charge in [-0.2, -0.15) is 0 Å². The molecular weight excluding hydrogens is 655 g/mol. The summed E-state index contributed by atoms with van der Waals surface area (Å²) in [4.78, 5) is 2.46. The Morgan fingerprint density at radius 3 is 1.39 bits per heavy atom. The molecule has 0 unspecified atom stereocenters. The molecule has 0 amide bonds. The predicted octanol–water partition coefficient (Wildman–Crippen LogP) is 14.9. The Kier molecular flexibility index (Phi) is 7.85. The number of anilines is 3. The van der Waals surface area contributed by atoms with E-state index in [2.05, 4.69) is 205 Å². The van der Waals surface area contributed by atoms with Crippen molar-refractivity contribution in [3.63, 3.8) is 0 Å². The number of furan rings is 1. The Balaban J connectivity index is 1.34. The van der Waals surface area contributed by atoms with E-state index < -0.39 is 0 Å². The lowest BCUT2D eigenvalue weighted by Crippen LogP contribution is -2.13. The normalized spacial score (nSPS) is 11.3.